The second-order valence-corrected chi connectivity index (χ2v) is 4.75. The zero-order chi connectivity index (χ0) is 14.1. The van der Waals surface area contributed by atoms with E-state index in [1.165, 1.54) is 5.56 Å². The third-order valence-electron chi connectivity index (χ3n) is 2.74. The lowest BCUT2D eigenvalue weighted by molar-refractivity contribution is 0.0907. The van der Waals surface area contributed by atoms with Gasteiger partial charge in [-0.2, -0.15) is 0 Å². The van der Waals surface area contributed by atoms with Gasteiger partial charge in [0.25, 0.3) is 0 Å². The molecule has 0 saturated carbocycles. The van der Waals surface area contributed by atoms with E-state index in [1.54, 1.807) is 0 Å². The highest BCUT2D eigenvalue weighted by Gasteiger charge is 2.08. The fourth-order valence-electron chi connectivity index (χ4n) is 1.58. The predicted molar refractivity (Wildman–Crippen MR) is 76.6 cm³/mol. The van der Waals surface area contributed by atoms with Crippen molar-refractivity contribution in [3.05, 3.63) is 29.8 Å². The van der Waals surface area contributed by atoms with Crippen LogP contribution in [0.1, 0.15) is 19.4 Å². The Morgan fingerprint density at radius 3 is 2.53 bits per heavy atom. The average Bonchev–Trinajstić information content (AvgIpc) is 2.42. The minimum absolute atomic E-state index is 0.231. The minimum Gasteiger partial charge on any atom is -0.491 e. The van der Waals surface area contributed by atoms with Crippen LogP contribution in [0.5, 0.6) is 5.75 Å². The molecule has 4 heteroatoms. The van der Waals surface area contributed by atoms with Crippen molar-refractivity contribution in [1.82, 2.24) is 5.32 Å². The number of hydrogen-bond acceptors (Lipinski definition) is 4. The number of hydrogen-bond donors (Lipinski definition) is 2. The zero-order valence-electron chi connectivity index (χ0n) is 12.1. The molecule has 0 bridgehead atoms. The number of ether oxygens (including phenoxy) is 2. The van der Waals surface area contributed by atoms with Gasteiger partial charge < -0.3 is 19.9 Å². The first-order chi connectivity index (χ1) is 9.11. The van der Waals surface area contributed by atoms with Gasteiger partial charge in [-0.05, 0) is 32.9 Å². The quantitative estimate of drug-likeness (QED) is 0.715. The fraction of sp³-hybridized carbons (Fsp3) is 0.600. The van der Waals surface area contributed by atoms with Crippen LogP contribution >= 0.6 is 0 Å². The van der Waals surface area contributed by atoms with Crippen LogP contribution in [0.4, 0.5) is 0 Å². The maximum absolute atomic E-state index is 9.81. The SMILES string of the molecule is CCOCC(C)NCC(O)COc1ccc(C)cc1. The average molecular weight is 267 g/mol. The Kier molecular flexibility index (Phi) is 7.48. The van der Waals surface area contributed by atoms with Crippen molar-refractivity contribution in [2.75, 3.05) is 26.4 Å². The summed E-state index contributed by atoms with van der Waals surface area (Å²) in [7, 11) is 0. The monoisotopic (exact) mass is 267 g/mol. The number of aliphatic hydroxyl groups is 1. The normalized spacial score (nSPS) is 14.1. The molecule has 108 valence electrons. The Balaban J connectivity index is 2.17. The van der Waals surface area contributed by atoms with Gasteiger partial charge in [-0.25, -0.2) is 0 Å². The van der Waals surface area contributed by atoms with Crippen molar-refractivity contribution in [3.8, 4) is 5.75 Å². The van der Waals surface area contributed by atoms with Crippen LogP contribution in [-0.4, -0.2) is 43.6 Å². The van der Waals surface area contributed by atoms with Crippen molar-refractivity contribution >= 4 is 0 Å². The van der Waals surface area contributed by atoms with E-state index in [0.717, 1.165) is 5.75 Å². The molecule has 0 spiro atoms. The van der Waals surface area contributed by atoms with Crippen LogP contribution in [0.3, 0.4) is 0 Å². The standard InChI is InChI=1S/C15H25NO3/c1-4-18-10-13(3)16-9-14(17)11-19-15-7-5-12(2)6-8-15/h5-8,13-14,16-17H,4,9-11H2,1-3H3. The van der Waals surface area contributed by atoms with Crippen molar-refractivity contribution < 1.29 is 14.6 Å². The van der Waals surface area contributed by atoms with Gasteiger partial charge in [0.2, 0.25) is 0 Å². The highest BCUT2D eigenvalue weighted by molar-refractivity contribution is 5.26. The van der Waals surface area contributed by atoms with Gasteiger partial charge >= 0.3 is 0 Å². The molecule has 19 heavy (non-hydrogen) atoms. The highest BCUT2D eigenvalue weighted by Crippen LogP contribution is 2.11. The van der Waals surface area contributed by atoms with E-state index in [0.29, 0.717) is 19.8 Å². The molecule has 1 aromatic rings. The van der Waals surface area contributed by atoms with Crippen molar-refractivity contribution in [3.63, 3.8) is 0 Å². The predicted octanol–water partition coefficient (Wildman–Crippen LogP) is 1.75. The number of aliphatic hydroxyl groups excluding tert-OH is 1. The molecule has 0 aliphatic heterocycles. The first kappa shape index (κ1) is 16.0. The second kappa shape index (κ2) is 8.91. The summed E-state index contributed by atoms with van der Waals surface area (Å²) in [6.45, 7) is 8.19. The van der Waals surface area contributed by atoms with Gasteiger partial charge in [0, 0.05) is 19.2 Å². The van der Waals surface area contributed by atoms with Crippen LogP contribution < -0.4 is 10.1 Å². The number of aryl methyl sites for hydroxylation is 1. The van der Waals surface area contributed by atoms with Gasteiger partial charge in [-0.15, -0.1) is 0 Å². The van der Waals surface area contributed by atoms with Crippen LogP contribution in [0, 0.1) is 6.92 Å². The van der Waals surface area contributed by atoms with Crippen molar-refractivity contribution in [2.24, 2.45) is 0 Å². The first-order valence-corrected chi connectivity index (χ1v) is 6.80. The topological polar surface area (TPSA) is 50.7 Å². The molecule has 0 amide bonds. The van der Waals surface area contributed by atoms with E-state index in [9.17, 15) is 5.11 Å². The van der Waals surface area contributed by atoms with E-state index in [-0.39, 0.29) is 12.6 Å². The smallest absolute Gasteiger partial charge is 0.119 e. The Hall–Kier alpha value is -1.10. The number of nitrogens with one attached hydrogen (secondary N) is 1. The summed E-state index contributed by atoms with van der Waals surface area (Å²) in [5, 5.41) is 13.0. The summed E-state index contributed by atoms with van der Waals surface area (Å²) in [6, 6.07) is 8.03. The Bertz CT molecular complexity index is 340. The molecule has 0 aliphatic carbocycles. The van der Waals surface area contributed by atoms with E-state index < -0.39 is 6.10 Å². The van der Waals surface area contributed by atoms with E-state index >= 15 is 0 Å². The molecular formula is C15H25NO3. The van der Waals surface area contributed by atoms with Crippen LogP contribution in [-0.2, 0) is 4.74 Å². The highest BCUT2D eigenvalue weighted by atomic mass is 16.5. The van der Waals surface area contributed by atoms with Gasteiger partial charge in [0.15, 0.2) is 0 Å². The lowest BCUT2D eigenvalue weighted by Crippen LogP contribution is -2.38. The van der Waals surface area contributed by atoms with Gasteiger partial charge in [-0.1, -0.05) is 17.7 Å². The van der Waals surface area contributed by atoms with Crippen LogP contribution in [0.25, 0.3) is 0 Å². The van der Waals surface area contributed by atoms with Crippen LogP contribution in [0.2, 0.25) is 0 Å². The summed E-state index contributed by atoms with van der Waals surface area (Å²) >= 11 is 0. The summed E-state index contributed by atoms with van der Waals surface area (Å²) < 4.78 is 10.8. The van der Waals surface area contributed by atoms with E-state index in [2.05, 4.69) is 5.32 Å². The third kappa shape index (κ3) is 7.15. The molecule has 0 aromatic heterocycles. The largest absolute Gasteiger partial charge is 0.491 e. The van der Waals surface area contributed by atoms with Crippen molar-refractivity contribution in [1.29, 1.82) is 0 Å². The Labute approximate surface area is 115 Å². The van der Waals surface area contributed by atoms with E-state index in [4.69, 9.17) is 9.47 Å². The lowest BCUT2D eigenvalue weighted by atomic mass is 10.2. The molecule has 0 fully saturated rings. The zero-order valence-corrected chi connectivity index (χ0v) is 12.1. The molecule has 1 aromatic carbocycles. The maximum atomic E-state index is 9.81. The third-order valence-corrected chi connectivity index (χ3v) is 2.74. The molecule has 4 nitrogen and oxygen atoms in total. The molecule has 0 heterocycles. The molecule has 0 saturated heterocycles. The van der Waals surface area contributed by atoms with Gasteiger partial charge in [-0.3, -0.25) is 0 Å². The number of benzene rings is 1. The molecular weight excluding hydrogens is 242 g/mol. The first-order valence-electron chi connectivity index (χ1n) is 6.80. The minimum atomic E-state index is -0.523. The fourth-order valence-corrected chi connectivity index (χ4v) is 1.58. The summed E-state index contributed by atoms with van der Waals surface area (Å²) in [5.74, 6) is 0.784. The molecule has 0 radical (unpaired) electrons. The molecule has 1 rings (SSSR count). The van der Waals surface area contributed by atoms with Crippen LogP contribution in [0.15, 0.2) is 24.3 Å². The number of rotatable bonds is 9. The summed E-state index contributed by atoms with van der Waals surface area (Å²) in [5.41, 5.74) is 1.19. The molecule has 0 aliphatic rings. The molecule has 2 atom stereocenters. The molecule has 2 N–H and O–H groups in total. The maximum Gasteiger partial charge on any atom is 0.119 e. The van der Waals surface area contributed by atoms with E-state index in [1.807, 2.05) is 45.0 Å². The Morgan fingerprint density at radius 1 is 1.21 bits per heavy atom. The van der Waals surface area contributed by atoms with Gasteiger partial charge in [0.1, 0.15) is 18.5 Å². The summed E-state index contributed by atoms with van der Waals surface area (Å²) in [4.78, 5) is 0. The Morgan fingerprint density at radius 2 is 1.89 bits per heavy atom. The second-order valence-electron chi connectivity index (χ2n) is 4.75. The van der Waals surface area contributed by atoms with Gasteiger partial charge in [0.05, 0.1) is 6.61 Å². The lowest BCUT2D eigenvalue weighted by Gasteiger charge is -2.17. The van der Waals surface area contributed by atoms with Crippen molar-refractivity contribution in [2.45, 2.75) is 32.9 Å². The molecule has 2 unspecified atom stereocenters. The summed E-state index contributed by atoms with van der Waals surface area (Å²) in [6.07, 6.45) is -0.523.